The number of hydrogen-bond donors (Lipinski definition) is 1. The van der Waals surface area contributed by atoms with Crippen molar-refractivity contribution >= 4 is 79.7 Å². The first-order valence-corrected chi connectivity index (χ1v) is 12.3. The molecule has 34 heavy (non-hydrogen) atoms. The fourth-order valence-electron chi connectivity index (χ4n) is 3.27. The molecule has 0 saturated carbocycles. The summed E-state index contributed by atoms with van der Waals surface area (Å²) in [7, 11) is 0. The molecule has 0 atom stereocenters. The number of benzene rings is 3. The van der Waals surface area contributed by atoms with Crippen LogP contribution in [0.5, 0.6) is 5.75 Å². The molecule has 1 aliphatic rings. The number of carbonyl (C=O) groups is 3. The molecule has 0 unspecified atom stereocenters. The highest BCUT2D eigenvalue weighted by molar-refractivity contribution is 14.1. The summed E-state index contributed by atoms with van der Waals surface area (Å²) >= 11 is 11.8. The molecule has 4 rings (SSSR count). The number of nitrogens with zero attached hydrogens (tertiary/aromatic N) is 1. The van der Waals surface area contributed by atoms with Gasteiger partial charge in [-0.15, -0.1) is 0 Å². The van der Waals surface area contributed by atoms with Crippen molar-refractivity contribution in [2.75, 3.05) is 4.90 Å². The van der Waals surface area contributed by atoms with Crippen molar-refractivity contribution < 1.29 is 19.1 Å². The zero-order valence-electron chi connectivity index (χ0n) is 17.8. The van der Waals surface area contributed by atoms with E-state index < -0.39 is 17.8 Å². The van der Waals surface area contributed by atoms with E-state index in [4.69, 9.17) is 16.3 Å². The molecule has 3 aromatic carbocycles. The Morgan fingerprint density at radius 3 is 2.50 bits per heavy atom. The Balaban J connectivity index is 1.67. The number of ether oxygens (including phenoxy) is 1. The van der Waals surface area contributed by atoms with Gasteiger partial charge in [0.15, 0.2) is 0 Å². The maximum Gasteiger partial charge on any atom is 0.335 e. The average Bonchev–Trinajstić information content (AvgIpc) is 2.79. The molecule has 0 spiro atoms. The Labute approximate surface area is 223 Å². The largest absolute Gasteiger partial charge is 0.488 e. The molecule has 1 N–H and O–H groups in total. The first-order valence-electron chi connectivity index (χ1n) is 10.1. The lowest BCUT2D eigenvalue weighted by Gasteiger charge is -2.26. The summed E-state index contributed by atoms with van der Waals surface area (Å²) in [5, 5.41) is 2.62. The van der Waals surface area contributed by atoms with E-state index in [9.17, 15) is 14.4 Å². The molecule has 9 heteroatoms. The second kappa shape index (κ2) is 10.3. The maximum atomic E-state index is 13.2. The van der Waals surface area contributed by atoms with Crippen LogP contribution in [0.15, 0.2) is 70.7 Å². The molecular weight excluding hydrogens is 635 g/mol. The normalized spacial score (nSPS) is 15.0. The summed E-state index contributed by atoms with van der Waals surface area (Å²) in [6, 6.07) is 17.2. The van der Waals surface area contributed by atoms with Crippen molar-refractivity contribution in [3.63, 3.8) is 0 Å². The van der Waals surface area contributed by atoms with Crippen LogP contribution in [-0.2, 0) is 16.2 Å². The molecule has 1 saturated heterocycles. The lowest BCUT2D eigenvalue weighted by Crippen LogP contribution is -2.54. The third-order valence-electron chi connectivity index (χ3n) is 5.09. The van der Waals surface area contributed by atoms with Gasteiger partial charge < -0.3 is 4.74 Å². The highest BCUT2D eigenvalue weighted by Gasteiger charge is 2.37. The Hall–Kier alpha value is -2.69. The number of barbiturate groups is 1. The van der Waals surface area contributed by atoms with Gasteiger partial charge in [-0.1, -0.05) is 45.7 Å². The van der Waals surface area contributed by atoms with E-state index in [0.29, 0.717) is 22.9 Å². The number of imide groups is 2. The first-order chi connectivity index (χ1) is 16.2. The van der Waals surface area contributed by atoms with Crippen LogP contribution in [0, 0.1) is 10.5 Å². The van der Waals surface area contributed by atoms with E-state index in [-0.39, 0.29) is 11.3 Å². The highest BCUT2D eigenvalue weighted by atomic mass is 127. The SMILES string of the molecule is Cc1ccc(N2C(=O)NC(=O)/C(=C/c3cc(Br)ccc3OCc3ccc(I)cc3)C2=O)cc1Cl. The van der Waals surface area contributed by atoms with E-state index in [1.807, 2.05) is 31.2 Å². The number of anilines is 1. The van der Waals surface area contributed by atoms with E-state index in [1.54, 1.807) is 30.3 Å². The number of hydrogen-bond acceptors (Lipinski definition) is 4. The van der Waals surface area contributed by atoms with Gasteiger partial charge >= 0.3 is 6.03 Å². The number of urea groups is 1. The second-order valence-electron chi connectivity index (χ2n) is 7.49. The minimum absolute atomic E-state index is 0.200. The summed E-state index contributed by atoms with van der Waals surface area (Å²) in [5.74, 6) is -1.05. The van der Waals surface area contributed by atoms with Crippen LogP contribution < -0.4 is 15.0 Å². The Morgan fingerprint density at radius 2 is 1.79 bits per heavy atom. The van der Waals surface area contributed by atoms with Crippen LogP contribution in [0.3, 0.4) is 0 Å². The maximum absolute atomic E-state index is 13.2. The number of carbonyl (C=O) groups excluding carboxylic acids is 3. The van der Waals surface area contributed by atoms with Gasteiger partial charge in [-0.25, -0.2) is 9.69 Å². The van der Waals surface area contributed by atoms with Crippen LogP contribution in [-0.4, -0.2) is 17.8 Å². The molecule has 1 heterocycles. The van der Waals surface area contributed by atoms with Crippen molar-refractivity contribution in [3.05, 3.63) is 96.0 Å². The number of nitrogens with one attached hydrogen (secondary N) is 1. The second-order valence-corrected chi connectivity index (χ2v) is 10.1. The van der Waals surface area contributed by atoms with Gasteiger partial charge in [-0.3, -0.25) is 14.9 Å². The predicted molar refractivity (Wildman–Crippen MR) is 143 cm³/mol. The van der Waals surface area contributed by atoms with E-state index in [2.05, 4.69) is 43.8 Å². The van der Waals surface area contributed by atoms with Gasteiger partial charge in [0.25, 0.3) is 11.8 Å². The standard InChI is InChI=1S/C25H17BrClIN2O4/c1-14-2-8-19(12-21(14)27)30-24(32)20(23(31)29-25(30)33)11-16-10-17(26)5-9-22(16)34-13-15-3-6-18(28)7-4-15/h2-12H,13H2,1H3,(H,29,31,33)/b20-11-. The van der Waals surface area contributed by atoms with Crippen LogP contribution in [0.4, 0.5) is 10.5 Å². The molecule has 0 bridgehead atoms. The van der Waals surface area contributed by atoms with Gasteiger partial charge in [-0.2, -0.15) is 0 Å². The Bertz CT molecular complexity index is 1340. The summed E-state index contributed by atoms with van der Waals surface area (Å²) in [6.07, 6.45) is 1.42. The predicted octanol–water partition coefficient (Wildman–Crippen LogP) is 6.26. The molecule has 3 aromatic rings. The quantitative estimate of drug-likeness (QED) is 0.201. The van der Waals surface area contributed by atoms with Crippen LogP contribution >= 0.6 is 50.1 Å². The summed E-state index contributed by atoms with van der Waals surface area (Å²) in [6.45, 7) is 2.12. The Morgan fingerprint density at radius 1 is 1.06 bits per heavy atom. The fraction of sp³-hybridized carbons (Fsp3) is 0.0800. The zero-order valence-corrected chi connectivity index (χ0v) is 22.3. The number of amides is 4. The topological polar surface area (TPSA) is 75.7 Å². The number of halogens is 3. The molecule has 0 aromatic heterocycles. The van der Waals surface area contributed by atoms with Gasteiger partial charge in [0.1, 0.15) is 17.9 Å². The van der Waals surface area contributed by atoms with Crippen molar-refractivity contribution in [3.8, 4) is 5.75 Å². The molecule has 0 radical (unpaired) electrons. The van der Waals surface area contributed by atoms with Crippen molar-refractivity contribution in [2.45, 2.75) is 13.5 Å². The van der Waals surface area contributed by atoms with Gasteiger partial charge in [0.05, 0.1) is 5.69 Å². The van der Waals surface area contributed by atoms with Crippen molar-refractivity contribution in [1.82, 2.24) is 5.32 Å². The summed E-state index contributed by atoms with van der Waals surface area (Å²) in [4.78, 5) is 39.2. The van der Waals surface area contributed by atoms with Crippen LogP contribution in [0.1, 0.15) is 16.7 Å². The van der Waals surface area contributed by atoms with Crippen LogP contribution in [0.25, 0.3) is 6.08 Å². The molecule has 0 aliphatic carbocycles. The lowest BCUT2D eigenvalue weighted by molar-refractivity contribution is -0.122. The average molecular weight is 652 g/mol. The van der Waals surface area contributed by atoms with Gasteiger partial charge in [-0.05, 0) is 89.2 Å². The van der Waals surface area contributed by atoms with Crippen molar-refractivity contribution in [2.24, 2.45) is 0 Å². The van der Waals surface area contributed by atoms with Gasteiger partial charge in [0.2, 0.25) is 0 Å². The summed E-state index contributed by atoms with van der Waals surface area (Å²) in [5.41, 5.74) is 2.34. The molecule has 172 valence electrons. The third kappa shape index (κ3) is 5.34. The zero-order chi connectivity index (χ0) is 24.4. The van der Waals surface area contributed by atoms with Crippen LogP contribution in [0.2, 0.25) is 5.02 Å². The number of rotatable bonds is 5. The molecule has 1 aliphatic heterocycles. The summed E-state index contributed by atoms with van der Waals surface area (Å²) < 4.78 is 7.84. The number of aryl methyl sites for hydroxylation is 1. The minimum atomic E-state index is -0.837. The molecule has 6 nitrogen and oxygen atoms in total. The highest BCUT2D eigenvalue weighted by Crippen LogP contribution is 2.30. The fourth-order valence-corrected chi connectivity index (χ4v) is 4.19. The van der Waals surface area contributed by atoms with Gasteiger partial charge in [0, 0.05) is 18.6 Å². The monoisotopic (exact) mass is 650 g/mol. The minimum Gasteiger partial charge on any atom is -0.488 e. The smallest absolute Gasteiger partial charge is 0.335 e. The Kier molecular flexibility index (Phi) is 7.39. The lowest BCUT2D eigenvalue weighted by atomic mass is 10.1. The van der Waals surface area contributed by atoms with E-state index in [0.717, 1.165) is 24.1 Å². The third-order valence-corrected chi connectivity index (χ3v) is 6.71. The van der Waals surface area contributed by atoms with E-state index in [1.165, 1.54) is 12.1 Å². The van der Waals surface area contributed by atoms with Crippen molar-refractivity contribution in [1.29, 1.82) is 0 Å². The first kappa shape index (κ1) is 24.4. The molecule has 4 amide bonds. The molecule has 1 fully saturated rings. The van der Waals surface area contributed by atoms with E-state index >= 15 is 0 Å². The molecular formula is C25H17BrClIN2O4.